The van der Waals surface area contributed by atoms with E-state index in [1.54, 1.807) is 26.0 Å². The van der Waals surface area contributed by atoms with E-state index in [0.29, 0.717) is 16.8 Å². The number of ketones is 1. The Morgan fingerprint density at radius 2 is 1.66 bits per heavy atom. The number of ether oxygens (including phenoxy) is 2. The Labute approximate surface area is 187 Å². The summed E-state index contributed by atoms with van der Waals surface area (Å²) in [6.45, 7) is 10.5. The van der Waals surface area contributed by atoms with Gasteiger partial charge in [0.15, 0.2) is 6.10 Å². The maximum absolute atomic E-state index is 12.7. The average Bonchev–Trinajstić information content (AvgIpc) is 3.04. The van der Waals surface area contributed by atoms with E-state index in [9.17, 15) is 19.2 Å². The number of nitrogens with one attached hydrogen (secondary N) is 2. The van der Waals surface area contributed by atoms with Crippen LogP contribution in [0.4, 0.5) is 0 Å². The summed E-state index contributed by atoms with van der Waals surface area (Å²) in [4.78, 5) is 51.9. The van der Waals surface area contributed by atoms with Gasteiger partial charge in [0.2, 0.25) is 5.78 Å². The first-order chi connectivity index (χ1) is 14.9. The maximum Gasteiger partial charge on any atom is 0.339 e. The molecule has 1 atom stereocenters. The number of carbonyl (C=O) groups is 4. The van der Waals surface area contributed by atoms with Crippen LogP contribution in [0.3, 0.4) is 0 Å². The lowest BCUT2D eigenvalue weighted by atomic mass is 9.87. The molecule has 1 heterocycles. The Morgan fingerprint density at radius 1 is 1.06 bits per heavy atom. The van der Waals surface area contributed by atoms with Crippen molar-refractivity contribution in [3.63, 3.8) is 0 Å². The average molecular weight is 443 g/mol. The summed E-state index contributed by atoms with van der Waals surface area (Å²) in [5.41, 5.74) is 2.84. The Bertz CT molecular complexity index is 1030. The van der Waals surface area contributed by atoms with E-state index in [4.69, 9.17) is 9.47 Å². The van der Waals surface area contributed by atoms with Crippen LogP contribution in [0.5, 0.6) is 0 Å². The summed E-state index contributed by atoms with van der Waals surface area (Å²) < 4.78 is 9.90. The van der Waals surface area contributed by atoms with Crippen LogP contribution in [-0.2, 0) is 19.7 Å². The first-order valence-corrected chi connectivity index (χ1v) is 10.3. The highest BCUT2D eigenvalue weighted by Gasteiger charge is 2.27. The molecular weight excluding hydrogens is 412 g/mol. The van der Waals surface area contributed by atoms with Gasteiger partial charge in [-0.1, -0.05) is 32.9 Å². The van der Waals surface area contributed by atoms with Crippen LogP contribution in [0.15, 0.2) is 24.3 Å². The molecular formula is C24H30N2O6. The largest absolute Gasteiger partial charge is 0.465 e. The third-order valence-corrected chi connectivity index (χ3v) is 5.16. The molecule has 1 unspecified atom stereocenters. The van der Waals surface area contributed by atoms with Crippen molar-refractivity contribution in [3.8, 4) is 0 Å². The Hall–Kier alpha value is -3.42. The second-order valence-corrected chi connectivity index (χ2v) is 8.62. The van der Waals surface area contributed by atoms with Crippen LogP contribution in [0, 0.1) is 13.8 Å². The van der Waals surface area contributed by atoms with E-state index >= 15 is 0 Å². The van der Waals surface area contributed by atoms with E-state index in [1.807, 2.05) is 12.1 Å². The molecule has 0 aliphatic carbocycles. The number of rotatable bonds is 7. The Balaban J connectivity index is 1.96. The van der Waals surface area contributed by atoms with Crippen molar-refractivity contribution in [2.45, 2.75) is 53.1 Å². The number of hydrogen-bond donors (Lipinski definition) is 2. The number of benzene rings is 1. The van der Waals surface area contributed by atoms with Crippen LogP contribution >= 0.6 is 0 Å². The van der Waals surface area contributed by atoms with E-state index in [2.05, 4.69) is 31.1 Å². The van der Waals surface area contributed by atoms with Crippen molar-refractivity contribution in [1.29, 1.82) is 0 Å². The van der Waals surface area contributed by atoms with Crippen molar-refractivity contribution in [3.05, 3.63) is 57.9 Å². The predicted molar refractivity (Wildman–Crippen MR) is 119 cm³/mol. The highest BCUT2D eigenvalue weighted by Crippen LogP contribution is 2.22. The molecule has 172 valence electrons. The van der Waals surface area contributed by atoms with Crippen molar-refractivity contribution in [1.82, 2.24) is 10.3 Å². The molecule has 32 heavy (non-hydrogen) atoms. The molecule has 0 saturated carbocycles. The molecule has 1 aromatic carbocycles. The standard InChI is InChI=1S/C24H30N2O6/c1-13-19(23(30)31-7)14(2)26-20(13)21(28)15(3)32-18(27)12-25-22(29)16-8-10-17(11-9-16)24(4,5)6/h8-11,15,26H,12H2,1-7H3,(H,25,29). The summed E-state index contributed by atoms with van der Waals surface area (Å²) in [6.07, 6.45) is -1.10. The topological polar surface area (TPSA) is 115 Å². The smallest absolute Gasteiger partial charge is 0.339 e. The van der Waals surface area contributed by atoms with Gasteiger partial charge in [0.1, 0.15) is 6.54 Å². The molecule has 2 rings (SSSR count). The van der Waals surface area contributed by atoms with Crippen LogP contribution in [0.25, 0.3) is 0 Å². The van der Waals surface area contributed by atoms with Crippen molar-refractivity contribution in [2.75, 3.05) is 13.7 Å². The lowest BCUT2D eigenvalue weighted by molar-refractivity contribution is -0.145. The highest BCUT2D eigenvalue weighted by atomic mass is 16.5. The molecule has 0 aliphatic heterocycles. The molecule has 0 aliphatic rings. The molecule has 0 spiro atoms. The minimum absolute atomic E-state index is 0.0326. The molecule has 8 heteroatoms. The molecule has 0 radical (unpaired) electrons. The zero-order chi connectivity index (χ0) is 24.2. The SMILES string of the molecule is COC(=O)c1c(C)[nH]c(C(=O)C(C)OC(=O)CNC(=O)c2ccc(C(C)(C)C)cc2)c1C. The van der Waals surface area contributed by atoms with E-state index in [1.165, 1.54) is 14.0 Å². The number of carbonyl (C=O) groups excluding carboxylic acids is 4. The zero-order valence-corrected chi connectivity index (χ0v) is 19.5. The van der Waals surface area contributed by atoms with Crippen molar-refractivity contribution in [2.24, 2.45) is 0 Å². The van der Waals surface area contributed by atoms with Gasteiger partial charge in [-0.05, 0) is 49.4 Å². The van der Waals surface area contributed by atoms with Crippen molar-refractivity contribution < 1.29 is 28.7 Å². The van der Waals surface area contributed by atoms with Crippen LogP contribution in [-0.4, -0.2) is 48.4 Å². The van der Waals surface area contributed by atoms with Crippen LogP contribution < -0.4 is 5.32 Å². The fourth-order valence-electron chi connectivity index (χ4n) is 3.28. The number of aryl methyl sites for hydroxylation is 1. The predicted octanol–water partition coefficient (Wildman–Crippen LogP) is 3.26. The third-order valence-electron chi connectivity index (χ3n) is 5.16. The second-order valence-electron chi connectivity index (χ2n) is 8.62. The number of aromatic nitrogens is 1. The molecule has 0 fully saturated rings. The zero-order valence-electron chi connectivity index (χ0n) is 19.5. The van der Waals surface area contributed by atoms with Gasteiger partial charge >= 0.3 is 11.9 Å². The minimum atomic E-state index is -1.10. The Morgan fingerprint density at radius 3 is 2.19 bits per heavy atom. The first-order valence-electron chi connectivity index (χ1n) is 10.3. The fraction of sp³-hybridized carbons (Fsp3) is 0.417. The molecule has 1 amide bonds. The van der Waals surface area contributed by atoms with Gasteiger partial charge in [-0.15, -0.1) is 0 Å². The second kappa shape index (κ2) is 9.80. The summed E-state index contributed by atoms with van der Waals surface area (Å²) in [5.74, 6) is -2.21. The van der Waals surface area contributed by atoms with Crippen LogP contribution in [0.2, 0.25) is 0 Å². The first kappa shape index (κ1) is 24.8. The monoisotopic (exact) mass is 442 g/mol. The number of Topliss-reactive ketones (excluding diaryl/α,β-unsaturated/α-hetero) is 1. The molecule has 0 saturated heterocycles. The molecule has 2 N–H and O–H groups in total. The van der Waals surface area contributed by atoms with E-state index in [0.717, 1.165) is 5.56 Å². The number of H-pyrrole nitrogens is 1. The maximum atomic E-state index is 12.7. The van der Waals surface area contributed by atoms with Crippen molar-refractivity contribution >= 4 is 23.6 Å². The van der Waals surface area contributed by atoms with E-state index in [-0.39, 0.29) is 23.2 Å². The molecule has 0 bridgehead atoms. The fourth-order valence-corrected chi connectivity index (χ4v) is 3.28. The highest BCUT2D eigenvalue weighted by molar-refractivity contribution is 6.04. The number of methoxy groups -OCH3 is 1. The summed E-state index contributed by atoms with van der Waals surface area (Å²) in [7, 11) is 1.26. The van der Waals surface area contributed by atoms with Gasteiger partial charge in [-0.25, -0.2) is 4.79 Å². The minimum Gasteiger partial charge on any atom is -0.465 e. The van der Waals surface area contributed by atoms with Gasteiger partial charge in [0, 0.05) is 11.3 Å². The van der Waals surface area contributed by atoms with Gasteiger partial charge < -0.3 is 19.8 Å². The number of aromatic amines is 1. The lowest BCUT2D eigenvalue weighted by Gasteiger charge is -2.19. The number of esters is 2. The Kier molecular flexibility index (Phi) is 7.61. The van der Waals surface area contributed by atoms with Gasteiger partial charge in [0.05, 0.1) is 18.4 Å². The van der Waals surface area contributed by atoms with Crippen LogP contribution in [0.1, 0.15) is 75.7 Å². The summed E-state index contributed by atoms with van der Waals surface area (Å²) in [6, 6.07) is 7.14. The quantitative estimate of drug-likeness (QED) is 0.502. The van der Waals surface area contributed by atoms with Gasteiger partial charge in [-0.3, -0.25) is 14.4 Å². The summed E-state index contributed by atoms with van der Waals surface area (Å²) >= 11 is 0. The van der Waals surface area contributed by atoms with Gasteiger partial charge in [-0.2, -0.15) is 0 Å². The summed E-state index contributed by atoms with van der Waals surface area (Å²) in [5, 5.41) is 2.49. The molecule has 2 aromatic rings. The number of hydrogen-bond acceptors (Lipinski definition) is 6. The normalized spacial score (nSPS) is 12.1. The lowest BCUT2D eigenvalue weighted by Crippen LogP contribution is -2.34. The number of amides is 1. The molecule has 1 aromatic heterocycles. The molecule has 8 nitrogen and oxygen atoms in total. The van der Waals surface area contributed by atoms with Gasteiger partial charge in [0.25, 0.3) is 5.91 Å². The third kappa shape index (κ3) is 5.63. The van der Waals surface area contributed by atoms with E-state index < -0.39 is 29.7 Å².